The van der Waals surface area contributed by atoms with Crippen molar-refractivity contribution in [2.45, 2.75) is 13.0 Å². The van der Waals surface area contributed by atoms with Crippen molar-refractivity contribution < 1.29 is 9.18 Å². The number of amides is 1. The number of benzene rings is 2. The third-order valence-electron chi connectivity index (χ3n) is 4.09. The topological polar surface area (TPSA) is 45.2 Å². The van der Waals surface area contributed by atoms with E-state index in [0.29, 0.717) is 12.1 Å². The molecule has 1 aromatic heterocycles. The molecule has 25 heavy (non-hydrogen) atoms. The van der Waals surface area contributed by atoms with E-state index in [4.69, 9.17) is 0 Å². The first-order chi connectivity index (χ1) is 11.9. The van der Waals surface area contributed by atoms with Crippen LogP contribution >= 0.6 is 11.3 Å². The zero-order chi connectivity index (χ0) is 18.0. The summed E-state index contributed by atoms with van der Waals surface area (Å²) in [4.78, 5) is 18.9. The summed E-state index contributed by atoms with van der Waals surface area (Å²) in [5.41, 5.74) is 2.49. The molecule has 0 bridgehead atoms. The van der Waals surface area contributed by atoms with Crippen LogP contribution in [0.1, 0.15) is 27.0 Å². The van der Waals surface area contributed by atoms with Gasteiger partial charge in [-0.2, -0.15) is 0 Å². The Bertz CT molecular complexity index is 889. The van der Waals surface area contributed by atoms with Crippen molar-refractivity contribution in [1.82, 2.24) is 15.2 Å². The normalized spacial score (nSPS) is 12.5. The predicted octanol–water partition coefficient (Wildman–Crippen LogP) is 3.78. The first-order valence-electron chi connectivity index (χ1n) is 8.01. The standard InChI is InChI=1S/C19H20FN3OS/c1-12-22-16-9-6-14(10-18(16)25-12)19(24)21-11-17(23(2)3)13-4-7-15(20)8-5-13/h4-10,17H,11H2,1-3H3,(H,21,24)/t17-/m0/s1. The van der Waals surface area contributed by atoms with Crippen LogP contribution < -0.4 is 5.32 Å². The smallest absolute Gasteiger partial charge is 0.251 e. The summed E-state index contributed by atoms with van der Waals surface area (Å²) < 4.78 is 14.1. The third-order valence-corrected chi connectivity index (χ3v) is 5.03. The molecule has 3 aromatic rings. The van der Waals surface area contributed by atoms with Gasteiger partial charge < -0.3 is 10.2 Å². The molecule has 0 unspecified atom stereocenters. The highest BCUT2D eigenvalue weighted by Crippen LogP contribution is 2.23. The summed E-state index contributed by atoms with van der Waals surface area (Å²) in [6.45, 7) is 2.39. The Balaban J connectivity index is 1.73. The molecule has 1 N–H and O–H groups in total. The van der Waals surface area contributed by atoms with Gasteiger partial charge in [0.05, 0.1) is 21.3 Å². The Morgan fingerprint density at radius 1 is 1.24 bits per heavy atom. The molecule has 0 saturated carbocycles. The van der Waals surface area contributed by atoms with Crippen molar-refractivity contribution in [2.75, 3.05) is 20.6 Å². The van der Waals surface area contributed by atoms with Gasteiger partial charge in [0.2, 0.25) is 0 Å². The van der Waals surface area contributed by atoms with E-state index in [1.807, 2.05) is 38.1 Å². The van der Waals surface area contributed by atoms with Gasteiger partial charge >= 0.3 is 0 Å². The maximum absolute atomic E-state index is 13.1. The molecule has 0 aliphatic rings. The second-order valence-corrected chi connectivity index (χ2v) is 7.39. The summed E-state index contributed by atoms with van der Waals surface area (Å²) in [6.07, 6.45) is 0. The largest absolute Gasteiger partial charge is 0.350 e. The first-order valence-corrected chi connectivity index (χ1v) is 8.83. The number of aromatic nitrogens is 1. The minimum Gasteiger partial charge on any atom is -0.350 e. The fourth-order valence-electron chi connectivity index (χ4n) is 2.76. The lowest BCUT2D eigenvalue weighted by molar-refractivity contribution is 0.0942. The number of rotatable bonds is 5. The Labute approximate surface area is 150 Å². The highest BCUT2D eigenvalue weighted by molar-refractivity contribution is 7.18. The van der Waals surface area contributed by atoms with Crippen molar-refractivity contribution in [3.63, 3.8) is 0 Å². The minimum atomic E-state index is -0.265. The van der Waals surface area contributed by atoms with Crippen LogP contribution in [-0.2, 0) is 0 Å². The van der Waals surface area contributed by atoms with Crippen LogP contribution in [-0.4, -0.2) is 36.4 Å². The van der Waals surface area contributed by atoms with Gasteiger partial charge in [-0.15, -0.1) is 11.3 Å². The number of fused-ring (bicyclic) bond motifs is 1. The molecular formula is C19H20FN3OS. The van der Waals surface area contributed by atoms with Crippen molar-refractivity contribution in [3.05, 3.63) is 64.4 Å². The third kappa shape index (κ3) is 4.03. The lowest BCUT2D eigenvalue weighted by atomic mass is 10.1. The fraction of sp³-hybridized carbons (Fsp3) is 0.263. The van der Waals surface area contributed by atoms with E-state index < -0.39 is 0 Å². The molecule has 3 rings (SSSR count). The minimum absolute atomic E-state index is 0.0288. The first kappa shape index (κ1) is 17.5. The molecule has 0 aliphatic carbocycles. The van der Waals surface area contributed by atoms with Crippen molar-refractivity contribution in [2.24, 2.45) is 0 Å². The van der Waals surface area contributed by atoms with E-state index >= 15 is 0 Å². The molecule has 0 aliphatic heterocycles. The van der Waals surface area contributed by atoms with Crippen LogP contribution in [0, 0.1) is 12.7 Å². The maximum atomic E-state index is 13.1. The number of carbonyl (C=O) groups excluding carboxylic acids is 1. The van der Waals surface area contributed by atoms with E-state index in [-0.39, 0.29) is 17.8 Å². The van der Waals surface area contributed by atoms with Gasteiger partial charge in [-0.3, -0.25) is 4.79 Å². The van der Waals surface area contributed by atoms with Gasteiger partial charge in [-0.05, 0) is 56.9 Å². The van der Waals surface area contributed by atoms with Gasteiger partial charge in [0.25, 0.3) is 5.91 Å². The summed E-state index contributed by atoms with van der Waals surface area (Å²) in [6, 6.07) is 11.9. The number of likely N-dealkylation sites (N-methyl/N-ethyl adjacent to an activating group) is 1. The van der Waals surface area contributed by atoms with Crippen molar-refractivity contribution >= 4 is 27.5 Å². The molecule has 0 fully saturated rings. The fourth-order valence-corrected chi connectivity index (χ4v) is 3.62. The van der Waals surface area contributed by atoms with Crippen LogP contribution in [0.2, 0.25) is 0 Å². The SMILES string of the molecule is Cc1nc2ccc(C(=O)NC[C@@H](c3ccc(F)cc3)N(C)C)cc2s1. The zero-order valence-electron chi connectivity index (χ0n) is 14.4. The lowest BCUT2D eigenvalue weighted by Crippen LogP contribution is -2.34. The van der Waals surface area contributed by atoms with E-state index in [0.717, 1.165) is 20.8 Å². The molecule has 1 amide bonds. The number of thiazole rings is 1. The number of nitrogens with zero attached hydrogens (tertiary/aromatic N) is 2. The quantitative estimate of drug-likeness (QED) is 0.756. The summed E-state index contributed by atoms with van der Waals surface area (Å²) in [5, 5.41) is 3.96. The summed E-state index contributed by atoms with van der Waals surface area (Å²) in [5.74, 6) is -0.389. The number of hydrogen-bond acceptors (Lipinski definition) is 4. The predicted molar refractivity (Wildman–Crippen MR) is 99.5 cm³/mol. The van der Waals surface area contributed by atoms with Crippen molar-refractivity contribution in [3.8, 4) is 0 Å². The Morgan fingerprint density at radius 2 is 1.96 bits per heavy atom. The summed E-state index contributed by atoms with van der Waals surface area (Å²) >= 11 is 1.58. The Hall–Kier alpha value is -2.31. The van der Waals surface area contributed by atoms with Crippen LogP contribution in [0.4, 0.5) is 4.39 Å². The number of aryl methyl sites for hydroxylation is 1. The zero-order valence-corrected chi connectivity index (χ0v) is 15.2. The second-order valence-electron chi connectivity index (χ2n) is 6.16. The molecular weight excluding hydrogens is 337 g/mol. The molecule has 1 heterocycles. The average Bonchev–Trinajstić information content (AvgIpc) is 2.95. The molecule has 0 saturated heterocycles. The van der Waals surface area contributed by atoms with E-state index in [1.54, 1.807) is 29.5 Å². The molecule has 4 nitrogen and oxygen atoms in total. The molecule has 1 atom stereocenters. The highest BCUT2D eigenvalue weighted by Gasteiger charge is 2.16. The van der Waals surface area contributed by atoms with Crippen LogP contribution in [0.15, 0.2) is 42.5 Å². The van der Waals surface area contributed by atoms with E-state index in [9.17, 15) is 9.18 Å². The Morgan fingerprint density at radius 3 is 2.64 bits per heavy atom. The molecule has 6 heteroatoms. The molecule has 0 spiro atoms. The van der Waals surface area contributed by atoms with Crippen LogP contribution in [0.25, 0.3) is 10.2 Å². The lowest BCUT2D eigenvalue weighted by Gasteiger charge is -2.25. The number of hydrogen-bond donors (Lipinski definition) is 1. The molecule has 130 valence electrons. The van der Waals surface area contributed by atoms with E-state index in [1.165, 1.54) is 12.1 Å². The number of carbonyl (C=O) groups is 1. The number of nitrogens with one attached hydrogen (secondary N) is 1. The van der Waals surface area contributed by atoms with Crippen LogP contribution in [0.5, 0.6) is 0 Å². The van der Waals surface area contributed by atoms with Gasteiger partial charge in [-0.25, -0.2) is 9.37 Å². The second kappa shape index (κ2) is 7.29. The molecule has 2 aromatic carbocycles. The van der Waals surface area contributed by atoms with Crippen LogP contribution in [0.3, 0.4) is 0 Å². The molecule has 0 radical (unpaired) electrons. The Kier molecular flexibility index (Phi) is 5.11. The monoisotopic (exact) mass is 357 g/mol. The van der Waals surface area contributed by atoms with Gasteiger partial charge in [0.1, 0.15) is 5.82 Å². The van der Waals surface area contributed by atoms with Gasteiger partial charge in [0, 0.05) is 12.1 Å². The summed E-state index contributed by atoms with van der Waals surface area (Å²) in [7, 11) is 3.87. The highest BCUT2D eigenvalue weighted by atomic mass is 32.1. The van der Waals surface area contributed by atoms with Gasteiger partial charge in [0.15, 0.2) is 0 Å². The van der Waals surface area contributed by atoms with Gasteiger partial charge in [-0.1, -0.05) is 12.1 Å². The number of halogens is 1. The average molecular weight is 357 g/mol. The maximum Gasteiger partial charge on any atom is 0.251 e. The van der Waals surface area contributed by atoms with E-state index in [2.05, 4.69) is 10.3 Å². The van der Waals surface area contributed by atoms with Crippen molar-refractivity contribution in [1.29, 1.82) is 0 Å².